The van der Waals surface area contributed by atoms with Gasteiger partial charge in [-0.1, -0.05) is 41.5 Å². The predicted octanol–water partition coefficient (Wildman–Crippen LogP) is 3.85. The predicted molar refractivity (Wildman–Crippen MR) is 99.7 cm³/mol. The number of hydrogen-bond acceptors (Lipinski definition) is 2. The Bertz CT molecular complexity index is 789. The quantitative estimate of drug-likeness (QED) is 0.898. The zero-order valence-electron chi connectivity index (χ0n) is 14.4. The van der Waals surface area contributed by atoms with Crippen LogP contribution in [0.3, 0.4) is 0 Å². The Labute approximate surface area is 145 Å². The molecule has 1 amide bonds. The fraction of sp³-hybridized carbons (Fsp3) is 0.350. The third-order valence-corrected chi connectivity index (χ3v) is 5.25. The summed E-state index contributed by atoms with van der Waals surface area (Å²) >= 11 is 0. The van der Waals surface area contributed by atoms with Crippen LogP contribution in [-0.2, 0) is 26.8 Å². The Morgan fingerprint density at radius 2 is 1.79 bits per heavy atom. The molecule has 0 bridgehead atoms. The van der Waals surface area contributed by atoms with E-state index >= 15 is 0 Å². The van der Waals surface area contributed by atoms with Gasteiger partial charge >= 0.3 is 0 Å². The first kappa shape index (κ1) is 16.9. The van der Waals surface area contributed by atoms with Crippen LogP contribution in [0.4, 0.5) is 5.69 Å². The summed E-state index contributed by atoms with van der Waals surface area (Å²) in [7, 11) is -0.890. The summed E-state index contributed by atoms with van der Waals surface area (Å²) in [6, 6.07) is 14.0. The smallest absolute Gasteiger partial charge is 0.235 e. The monoisotopic (exact) mass is 341 g/mol. The van der Waals surface area contributed by atoms with Gasteiger partial charge in [0, 0.05) is 28.5 Å². The number of aryl methyl sites for hydroxylation is 2. The third kappa shape index (κ3) is 3.59. The van der Waals surface area contributed by atoms with Crippen LogP contribution < -0.4 is 5.32 Å². The first-order valence-corrected chi connectivity index (χ1v) is 9.91. The number of benzene rings is 2. The third-order valence-electron chi connectivity index (χ3n) is 4.51. The molecule has 0 aromatic heterocycles. The van der Waals surface area contributed by atoms with Crippen LogP contribution in [0.25, 0.3) is 0 Å². The molecule has 3 nitrogen and oxygen atoms in total. The average Bonchev–Trinajstić information content (AvgIpc) is 3.27. The van der Waals surface area contributed by atoms with Gasteiger partial charge in [-0.15, -0.1) is 0 Å². The minimum Gasteiger partial charge on any atom is -0.325 e. The molecule has 1 aliphatic carbocycles. The molecule has 0 unspecified atom stereocenters. The summed E-state index contributed by atoms with van der Waals surface area (Å²) in [6.45, 7) is 4.14. The Morgan fingerprint density at radius 3 is 2.38 bits per heavy atom. The molecule has 126 valence electrons. The Kier molecular flexibility index (Phi) is 4.59. The van der Waals surface area contributed by atoms with Gasteiger partial charge in [-0.05, 0) is 49.9 Å². The maximum Gasteiger partial charge on any atom is 0.235 e. The average molecular weight is 341 g/mol. The van der Waals surface area contributed by atoms with Crippen LogP contribution in [-0.4, -0.2) is 16.4 Å². The highest BCUT2D eigenvalue weighted by atomic mass is 32.2. The van der Waals surface area contributed by atoms with Gasteiger partial charge in [-0.25, -0.2) is 0 Å². The molecule has 2 aromatic rings. The van der Waals surface area contributed by atoms with E-state index in [1.54, 1.807) is 6.26 Å². The summed E-state index contributed by atoms with van der Waals surface area (Å²) < 4.78 is 11.4. The number of carbonyl (C=O) groups excluding carboxylic acids is 1. The van der Waals surface area contributed by atoms with E-state index in [2.05, 4.69) is 37.4 Å². The van der Waals surface area contributed by atoms with E-state index in [0.717, 1.165) is 29.7 Å². The van der Waals surface area contributed by atoms with Gasteiger partial charge in [-0.3, -0.25) is 9.00 Å². The van der Waals surface area contributed by atoms with Crippen molar-refractivity contribution in [3.63, 3.8) is 0 Å². The summed E-state index contributed by atoms with van der Waals surface area (Å²) in [5.74, 6) is 0.564. The van der Waals surface area contributed by atoms with Gasteiger partial charge in [0.2, 0.25) is 5.91 Å². The van der Waals surface area contributed by atoms with E-state index in [4.69, 9.17) is 0 Å². The zero-order chi connectivity index (χ0) is 17.3. The molecule has 24 heavy (non-hydrogen) atoms. The zero-order valence-corrected chi connectivity index (χ0v) is 15.2. The van der Waals surface area contributed by atoms with E-state index in [0.29, 0.717) is 5.75 Å². The number of nitrogens with one attached hydrogen (secondary N) is 1. The molecule has 1 saturated carbocycles. The van der Waals surface area contributed by atoms with Gasteiger partial charge in [0.1, 0.15) is 0 Å². The van der Waals surface area contributed by atoms with Crippen molar-refractivity contribution in [2.45, 2.75) is 37.9 Å². The van der Waals surface area contributed by atoms with Crippen LogP contribution in [0.2, 0.25) is 0 Å². The molecule has 1 aliphatic rings. The van der Waals surface area contributed by atoms with Crippen LogP contribution in [0.1, 0.15) is 35.1 Å². The first-order chi connectivity index (χ1) is 11.4. The molecule has 0 aliphatic heterocycles. The van der Waals surface area contributed by atoms with Crippen molar-refractivity contribution < 1.29 is 9.00 Å². The molecular formula is C20H23NO2S. The highest BCUT2D eigenvalue weighted by molar-refractivity contribution is 7.83. The molecule has 4 heteroatoms. The normalized spacial score (nSPS) is 16.5. The second kappa shape index (κ2) is 6.52. The van der Waals surface area contributed by atoms with Crippen molar-refractivity contribution >= 4 is 22.4 Å². The fourth-order valence-electron chi connectivity index (χ4n) is 3.25. The van der Waals surface area contributed by atoms with E-state index in [-0.39, 0.29) is 11.3 Å². The van der Waals surface area contributed by atoms with Crippen LogP contribution >= 0.6 is 0 Å². The lowest BCUT2D eigenvalue weighted by atomic mass is 9.92. The molecular weight excluding hydrogens is 318 g/mol. The number of anilines is 1. The standard InChI is InChI=1S/C20H23NO2S/c1-14-9-15(2)11-17(10-14)20(7-8-20)19(22)21-18-6-4-5-16(12-18)13-24(3)23/h4-6,9-12H,7-8,13H2,1-3H3,(H,21,22)/t24-/m0/s1. The van der Waals surface area contributed by atoms with Gasteiger partial charge in [-0.2, -0.15) is 0 Å². The number of amides is 1. The maximum atomic E-state index is 12.9. The van der Waals surface area contributed by atoms with Crippen molar-refractivity contribution in [3.8, 4) is 0 Å². The molecule has 0 radical (unpaired) electrons. The van der Waals surface area contributed by atoms with Crippen molar-refractivity contribution in [3.05, 3.63) is 64.7 Å². The molecule has 1 fully saturated rings. The largest absolute Gasteiger partial charge is 0.325 e. The highest BCUT2D eigenvalue weighted by Crippen LogP contribution is 2.49. The lowest BCUT2D eigenvalue weighted by Gasteiger charge is -2.17. The number of rotatable bonds is 5. The minimum atomic E-state index is -0.890. The van der Waals surface area contributed by atoms with Crippen molar-refractivity contribution in [1.29, 1.82) is 0 Å². The van der Waals surface area contributed by atoms with Crippen molar-refractivity contribution in [1.82, 2.24) is 0 Å². The summed E-state index contributed by atoms with van der Waals surface area (Å²) in [5.41, 5.74) is 4.86. The molecule has 0 heterocycles. The summed E-state index contributed by atoms with van der Waals surface area (Å²) in [4.78, 5) is 12.9. The first-order valence-electron chi connectivity index (χ1n) is 8.18. The van der Waals surface area contributed by atoms with E-state index < -0.39 is 10.8 Å². The topological polar surface area (TPSA) is 46.2 Å². The van der Waals surface area contributed by atoms with E-state index in [1.807, 2.05) is 24.3 Å². The van der Waals surface area contributed by atoms with Crippen LogP contribution in [0.5, 0.6) is 0 Å². The van der Waals surface area contributed by atoms with Gasteiger partial charge in [0.25, 0.3) is 0 Å². The number of carbonyl (C=O) groups is 1. The summed E-state index contributed by atoms with van der Waals surface area (Å²) in [6.07, 6.45) is 3.46. The van der Waals surface area contributed by atoms with Gasteiger partial charge in [0.15, 0.2) is 0 Å². The van der Waals surface area contributed by atoms with Gasteiger partial charge < -0.3 is 5.32 Å². The molecule has 2 aromatic carbocycles. The fourth-order valence-corrected chi connectivity index (χ4v) is 3.90. The second-order valence-corrected chi connectivity index (χ2v) is 8.27. The SMILES string of the molecule is Cc1cc(C)cc(C2(C(=O)Nc3cccc(C[S@](C)=O)c3)CC2)c1. The maximum absolute atomic E-state index is 12.9. The van der Waals surface area contributed by atoms with E-state index in [1.165, 1.54) is 11.1 Å². The van der Waals surface area contributed by atoms with Crippen molar-refractivity contribution in [2.24, 2.45) is 0 Å². The Balaban J connectivity index is 1.81. The molecule has 1 N–H and O–H groups in total. The van der Waals surface area contributed by atoms with Crippen molar-refractivity contribution in [2.75, 3.05) is 11.6 Å². The lowest BCUT2D eigenvalue weighted by molar-refractivity contribution is -0.118. The Morgan fingerprint density at radius 1 is 1.12 bits per heavy atom. The van der Waals surface area contributed by atoms with Crippen LogP contribution in [0, 0.1) is 13.8 Å². The second-order valence-electron chi connectivity index (χ2n) is 6.83. The van der Waals surface area contributed by atoms with E-state index in [9.17, 15) is 9.00 Å². The molecule has 0 saturated heterocycles. The Hall–Kier alpha value is -1.94. The highest BCUT2D eigenvalue weighted by Gasteiger charge is 2.51. The molecule has 1 atom stereocenters. The number of hydrogen-bond donors (Lipinski definition) is 1. The molecule has 0 spiro atoms. The van der Waals surface area contributed by atoms with Gasteiger partial charge in [0.05, 0.1) is 5.41 Å². The minimum absolute atomic E-state index is 0.0577. The lowest BCUT2D eigenvalue weighted by Crippen LogP contribution is -2.28. The molecule has 3 rings (SSSR count). The summed E-state index contributed by atoms with van der Waals surface area (Å²) in [5, 5.41) is 3.06. The van der Waals surface area contributed by atoms with Crippen LogP contribution in [0.15, 0.2) is 42.5 Å².